The van der Waals surface area contributed by atoms with Crippen LogP contribution >= 0.6 is 0 Å². The Morgan fingerprint density at radius 3 is 2.64 bits per heavy atom. The lowest BCUT2D eigenvalue weighted by Gasteiger charge is -1.89. The van der Waals surface area contributed by atoms with Crippen LogP contribution in [0.4, 0.5) is 4.79 Å². The minimum Gasteiger partial charge on any atom is -0.472 e. The van der Waals surface area contributed by atoms with Crippen molar-refractivity contribution in [1.29, 1.82) is 0 Å². The van der Waals surface area contributed by atoms with Gasteiger partial charge in [-0.25, -0.2) is 9.59 Å². The van der Waals surface area contributed by atoms with Crippen molar-refractivity contribution in [2.45, 2.75) is 0 Å². The van der Waals surface area contributed by atoms with Gasteiger partial charge >= 0.3 is 23.6 Å². The van der Waals surface area contributed by atoms with Crippen molar-refractivity contribution in [3.05, 3.63) is 0 Å². The number of amides is 3. The third-order valence-corrected chi connectivity index (χ3v) is 0.879. The van der Waals surface area contributed by atoms with E-state index < -0.39 is 23.6 Å². The average Bonchev–Trinajstić information content (AvgIpc) is 1.85. The van der Waals surface area contributed by atoms with Gasteiger partial charge < -0.3 is 5.11 Å². The Labute approximate surface area is 59.4 Å². The molecule has 11 heavy (non-hydrogen) atoms. The van der Waals surface area contributed by atoms with E-state index >= 15 is 0 Å². The zero-order valence-corrected chi connectivity index (χ0v) is 5.07. The second-order valence-electron chi connectivity index (χ2n) is 1.61. The van der Waals surface area contributed by atoms with Crippen molar-refractivity contribution in [2.75, 3.05) is 0 Å². The molecule has 7 nitrogen and oxygen atoms in total. The smallest absolute Gasteiger partial charge is 0.472 e. The molecule has 56 valence electrons. The van der Waals surface area contributed by atoms with Crippen LogP contribution < -0.4 is 5.32 Å². The molecular weight excluding hydrogens is 154 g/mol. The second-order valence-corrected chi connectivity index (χ2v) is 1.61. The van der Waals surface area contributed by atoms with Gasteiger partial charge in [0.25, 0.3) is 0 Å². The topological polar surface area (TPSA) is 110 Å². The minimum atomic E-state index is -1.52. The zero-order chi connectivity index (χ0) is 8.43. The van der Waals surface area contributed by atoms with Gasteiger partial charge in [0.05, 0.1) is 4.79 Å². The fourth-order valence-corrected chi connectivity index (χ4v) is 0.462. The molecule has 0 radical (unpaired) electrons. The number of nitrogens with zero attached hydrogens (tertiary/aromatic N) is 2. The number of hydrogen-bond donors (Lipinski definition) is 2. The molecule has 1 aliphatic rings. The first kappa shape index (κ1) is 7.10. The van der Waals surface area contributed by atoms with E-state index in [9.17, 15) is 14.4 Å². The maximum absolute atomic E-state index is 10.5. The molecule has 0 aromatic rings. The summed E-state index contributed by atoms with van der Waals surface area (Å²) in [6.07, 6.45) is 0. The van der Waals surface area contributed by atoms with Crippen molar-refractivity contribution in [1.82, 2.24) is 5.32 Å². The van der Waals surface area contributed by atoms with Gasteiger partial charge in [0.2, 0.25) is 0 Å². The molecule has 1 heterocycles. The maximum atomic E-state index is 10.5. The lowest BCUT2D eigenvalue weighted by molar-refractivity contribution is -0.145. The Kier molecular flexibility index (Phi) is 1.49. The Bertz CT molecular complexity index is 311. The Hall–Kier alpha value is -2.01. The second kappa shape index (κ2) is 2.31. The van der Waals surface area contributed by atoms with Crippen LogP contribution in [0.3, 0.4) is 0 Å². The van der Waals surface area contributed by atoms with Crippen LogP contribution in [0.25, 0.3) is 0 Å². The first-order valence-corrected chi connectivity index (χ1v) is 2.48. The van der Waals surface area contributed by atoms with E-state index in [0.717, 1.165) is 0 Å². The summed E-state index contributed by atoms with van der Waals surface area (Å²) in [4.78, 5) is 33.8. The summed E-state index contributed by atoms with van der Waals surface area (Å²) in [6.45, 7) is 0. The molecule has 0 saturated heterocycles. The lowest BCUT2D eigenvalue weighted by atomic mass is 10.3. The first-order chi connectivity index (χ1) is 5.11. The van der Waals surface area contributed by atoms with Gasteiger partial charge in [0.15, 0.2) is 5.11 Å². The van der Waals surface area contributed by atoms with E-state index in [2.05, 4.69) is 9.90 Å². The summed E-state index contributed by atoms with van der Waals surface area (Å²) in [7, 11) is 0. The highest BCUT2D eigenvalue weighted by Crippen LogP contribution is 1.82. The molecule has 0 fully saturated rings. The normalized spacial score (nSPS) is 15.8. The largest absolute Gasteiger partial charge is 0.513 e. The minimum absolute atomic E-state index is 0.787. The molecule has 2 N–H and O–H groups in total. The van der Waals surface area contributed by atoms with Crippen LogP contribution in [0.15, 0.2) is 5.11 Å². The molecule has 3 amide bonds. The number of nitrogens with one attached hydrogen (secondary N) is 1. The predicted molar refractivity (Wildman–Crippen MR) is 28.9 cm³/mol. The molecule has 0 bridgehead atoms. The van der Waals surface area contributed by atoms with Crippen LogP contribution in [-0.4, -0.2) is 33.5 Å². The third-order valence-electron chi connectivity index (χ3n) is 0.879. The van der Waals surface area contributed by atoms with Gasteiger partial charge in [-0.3, -0.25) is 10.1 Å². The first-order valence-electron chi connectivity index (χ1n) is 2.48. The molecule has 7 heteroatoms. The molecule has 0 aromatic carbocycles. The summed E-state index contributed by atoms with van der Waals surface area (Å²) in [5.74, 6) is -2.56. The molecule has 0 aromatic heterocycles. The number of imide groups is 1. The van der Waals surface area contributed by atoms with Gasteiger partial charge in [-0.2, -0.15) is 0 Å². The molecule has 0 atom stereocenters. The summed E-state index contributed by atoms with van der Waals surface area (Å²) in [5, 5.41) is 12.7. The number of rotatable bonds is 1. The van der Waals surface area contributed by atoms with Gasteiger partial charge in [-0.1, -0.05) is 0 Å². The third kappa shape index (κ3) is 1.28. The zero-order valence-electron chi connectivity index (χ0n) is 5.07. The summed E-state index contributed by atoms with van der Waals surface area (Å²) in [5.41, 5.74) is -0.787. The maximum Gasteiger partial charge on any atom is 0.513 e. The summed E-state index contributed by atoms with van der Waals surface area (Å²) < 4.78 is 0. The molecule has 0 aliphatic carbocycles. The number of carbonyl (C=O) groups excluding carboxylic acids is 2. The van der Waals surface area contributed by atoms with Gasteiger partial charge in [0.1, 0.15) is 0 Å². The number of aliphatic carboxylic acids is 1. The summed E-state index contributed by atoms with van der Waals surface area (Å²) in [6, 6.07) is -0.958. The van der Waals surface area contributed by atoms with E-state index in [1.807, 2.05) is 0 Å². The quantitative estimate of drug-likeness (QED) is 0.446. The molecule has 1 rings (SSSR count). The Balaban J connectivity index is 3.12. The number of urea groups is 1. The van der Waals surface area contributed by atoms with E-state index in [-0.39, 0.29) is 0 Å². The molecule has 1 aliphatic heterocycles. The Morgan fingerprint density at radius 2 is 2.18 bits per heavy atom. The van der Waals surface area contributed by atoms with Crippen LogP contribution in [-0.2, 0) is 9.59 Å². The van der Waals surface area contributed by atoms with Gasteiger partial charge in [-0.15, -0.1) is 0 Å². The number of carboxylic acids is 1. The van der Waals surface area contributed by atoms with Crippen molar-refractivity contribution >= 4 is 23.6 Å². The van der Waals surface area contributed by atoms with Crippen LogP contribution in [0.1, 0.15) is 0 Å². The highest BCUT2D eigenvalue weighted by Gasteiger charge is 2.37. The van der Waals surface area contributed by atoms with Crippen LogP contribution in [0.5, 0.6) is 0 Å². The SMILES string of the molecule is O=C1N=[N+]=C(C(=O)O)C(=O)N1. The number of hydrogen-bond acceptors (Lipinski definition) is 3. The lowest BCUT2D eigenvalue weighted by Crippen LogP contribution is -2.41. The van der Waals surface area contributed by atoms with E-state index in [1.54, 1.807) is 5.32 Å². The van der Waals surface area contributed by atoms with Crippen molar-refractivity contribution in [3.8, 4) is 0 Å². The Morgan fingerprint density at radius 1 is 1.55 bits per heavy atom. The average molecular weight is 156 g/mol. The summed E-state index contributed by atoms with van der Waals surface area (Å²) >= 11 is 0. The van der Waals surface area contributed by atoms with Crippen LogP contribution in [0, 0.1) is 0 Å². The number of carbonyl (C=O) groups is 3. The van der Waals surface area contributed by atoms with E-state index in [0.29, 0.717) is 0 Å². The fourth-order valence-electron chi connectivity index (χ4n) is 0.462. The fraction of sp³-hybridized carbons (Fsp3) is 0. The van der Waals surface area contributed by atoms with E-state index in [1.165, 1.54) is 0 Å². The van der Waals surface area contributed by atoms with Gasteiger partial charge in [0, 0.05) is 0 Å². The van der Waals surface area contributed by atoms with Crippen molar-refractivity contribution in [3.63, 3.8) is 0 Å². The van der Waals surface area contributed by atoms with Crippen LogP contribution in [0.2, 0.25) is 0 Å². The number of carboxylic acid groups (broad SMARTS) is 1. The standard InChI is InChI=1S/C4HN3O4/c8-2-1(3(9)10)6-7-4(11)5-2/h(H-,5,8,9,10,11)/p+1. The monoisotopic (exact) mass is 156 g/mol. The van der Waals surface area contributed by atoms with Crippen molar-refractivity contribution < 1.29 is 24.3 Å². The molecule has 0 unspecified atom stereocenters. The predicted octanol–water partition coefficient (Wildman–Crippen LogP) is -1.58. The highest BCUT2D eigenvalue weighted by molar-refractivity contribution is 6.62. The van der Waals surface area contributed by atoms with Gasteiger partial charge in [-0.05, 0) is 0 Å². The van der Waals surface area contributed by atoms with Crippen molar-refractivity contribution in [2.24, 2.45) is 5.11 Å². The highest BCUT2D eigenvalue weighted by atomic mass is 16.4. The van der Waals surface area contributed by atoms with E-state index in [4.69, 9.17) is 5.11 Å². The molecular formula is C4H2N3O4+. The molecule has 0 saturated carbocycles. The molecule has 0 spiro atoms.